The summed E-state index contributed by atoms with van der Waals surface area (Å²) in [5, 5.41) is 8.61. The predicted octanol–water partition coefficient (Wildman–Crippen LogP) is 4.14. The minimum absolute atomic E-state index is 0.682. The standard InChI is InChI=1S/C17H16O3/c1-2-13-6-9-15(10-7-13)20-16-5-3-4-14(12-16)8-11-17(18)19/h3-12H,2H2,1H3,(H,18,19). The van der Waals surface area contributed by atoms with Crippen molar-refractivity contribution < 1.29 is 14.6 Å². The van der Waals surface area contributed by atoms with Gasteiger partial charge < -0.3 is 9.84 Å². The van der Waals surface area contributed by atoms with Crippen molar-refractivity contribution in [2.24, 2.45) is 0 Å². The van der Waals surface area contributed by atoms with Gasteiger partial charge >= 0.3 is 5.97 Å². The number of benzene rings is 2. The second-order valence-corrected chi connectivity index (χ2v) is 4.34. The van der Waals surface area contributed by atoms with Gasteiger partial charge in [0.15, 0.2) is 0 Å². The van der Waals surface area contributed by atoms with Gasteiger partial charge in [-0.05, 0) is 47.9 Å². The summed E-state index contributed by atoms with van der Waals surface area (Å²) in [6.45, 7) is 2.11. The zero-order valence-electron chi connectivity index (χ0n) is 11.2. The van der Waals surface area contributed by atoms with Gasteiger partial charge in [0.25, 0.3) is 0 Å². The van der Waals surface area contributed by atoms with E-state index in [4.69, 9.17) is 9.84 Å². The van der Waals surface area contributed by atoms with Gasteiger partial charge in [-0.1, -0.05) is 31.2 Å². The third-order valence-electron chi connectivity index (χ3n) is 2.84. The molecule has 0 aliphatic rings. The molecule has 2 aromatic rings. The van der Waals surface area contributed by atoms with E-state index in [1.165, 1.54) is 11.6 Å². The first-order valence-electron chi connectivity index (χ1n) is 6.45. The molecule has 0 heterocycles. The molecule has 0 aliphatic carbocycles. The van der Waals surface area contributed by atoms with E-state index in [9.17, 15) is 4.79 Å². The first kappa shape index (κ1) is 13.9. The number of rotatable bonds is 5. The van der Waals surface area contributed by atoms with Gasteiger partial charge in [0, 0.05) is 6.08 Å². The maximum absolute atomic E-state index is 10.5. The summed E-state index contributed by atoms with van der Waals surface area (Å²) in [5.74, 6) is 0.481. The van der Waals surface area contributed by atoms with Gasteiger partial charge in [-0.3, -0.25) is 0 Å². The van der Waals surface area contributed by atoms with Crippen LogP contribution in [0.4, 0.5) is 0 Å². The SMILES string of the molecule is CCc1ccc(Oc2cccc(C=CC(=O)O)c2)cc1. The van der Waals surface area contributed by atoms with Gasteiger partial charge in [0.1, 0.15) is 11.5 Å². The molecular weight excluding hydrogens is 252 g/mol. The van der Waals surface area contributed by atoms with Gasteiger partial charge in [-0.15, -0.1) is 0 Å². The molecule has 0 aliphatic heterocycles. The van der Waals surface area contributed by atoms with Crippen molar-refractivity contribution in [3.8, 4) is 11.5 Å². The van der Waals surface area contributed by atoms with E-state index in [2.05, 4.69) is 6.92 Å². The average Bonchev–Trinajstić information content (AvgIpc) is 2.46. The van der Waals surface area contributed by atoms with Crippen molar-refractivity contribution >= 4 is 12.0 Å². The maximum atomic E-state index is 10.5. The number of carboxylic acids is 1. The second-order valence-electron chi connectivity index (χ2n) is 4.34. The topological polar surface area (TPSA) is 46.5 Å². The van der Waals surface area contributed by atoms with Gasteiger partial charge in [-0.2, -0.15) is 0 Å². The van der Waals surface area contributed by atoms with E-state index < -0.39 is 5.97 Å². The Labute approximate surface area is 118 Å². The Morgan fingerprint density at radius 2 is 1.90 bits per heavy atom. The lowest BCUT2D eigenvalue weighted by Gasteiger charge is -2.07. The number of carbonyl (C=O) groups is 1. The van der Waals surface area contributed by atoms with E-state index in [1.807, 2.05) is 42.5 Å². The van der Waals surface area contributed by atoms with Gasteiger partial charge in [-0.25, -0.2) is 4.79 Å². The molecule has 0 radical (unpaired) electrons. The Morgan fingerprint density at radius 3 is 2.55 bits per heavy atom. The van der Waals surface area contributed by atoms with E-state index in [1.54, 1.807) is 6.07 Å². The Balaban J connectivity index is 2.12. The summed E-state index contributed by atoms with van der Waals surface area (Å²) in [4.78, 5) is 10.5. The van der Waals surface area contributed by atoms with Crippen molar-refractivity contribution in [3.05, 3.63) is 65.7 Å². The third-order valence-corrected chi connectivity index (χ3v) is 2.84. The van der Waals surface area contributed by atoms with Crippen LogP contribution >= 0.6 is 0 Å². The van der Waals surface area contributed by atoms with Crippen molar-refractivity contribution in [1.82, 2.24) is 0 Å². The highest BCUT2D eigenvalue weighted by molar-refractivity contribution is 5.85. The molecule has 0 amide bonds. The van der Waals surface area contributed by atoms with Crippen molar-refractivity contribution in [1.29, 1.82) is 0 Å². The number of hydrogen-bond donors (Lipinski definition) is 1. The summed E-state index contributed by atoms with van der Waals surface area (Å²) in [6, 6.07) is 15.2. The molecule has 2 aromatic carbocycles. The molecule has 20 heavy (non-hydrogen) atoms. The first-order valence-corrected chi connectivity index (χ1v) is 6.45. The van der Waals surface area contributed by atoms with Crippen LogP contribution in [0.15, 0.2) is 54.6 Å². The van der Waals surface area contributed by atoms with Crippen LogP contribution in [0.3, 0.4) is 0 Å². The van der Waals surface area contributed by atoms with Crippen LogP contribution < -0.4 is 4.74 Å². The second kappa shape index (κ2) is 6.57. The van der Waals surface area contributed by atoms with Crippen LogP contribution in [-0.2, 0) is 11.2 Å². The van der Waals surface area contributed by atoms with Crippen LogP contribution in [0.5, 0.6) is 11.5 Å². The molecule has 0 fully saturated rings. The van der Waals surface area contributed by atoms with Crippen molar-refractivity contribution in [2.45, 2.75) is 13.3 Å². The number of carboxylic acid groups (broad SMARTS) is 1. The summed E-state index contributed by atoms with van der Waals surface area (Å²) in [6.07, 6.45) is 3.64. The molecule has 0 spiro atoms. The highest BCUT2D eigenvalue weighted by atomic mass is 16.5. The summed E-state index contributed by atoms with van der Waals surface area (Å²) < 4.78 is 5.74. The molecule has 1 N–H and O–H groups in total. The summed E-state index contributed by atoms with van der Waals surface area (Å²) in [7, 11) is 0. The minimum Gasteiger partial charge on any atom is -0.478 e. The molecule has 3 heteroatoms. The zero-order valence-corrected chi connectivity index (χ0v) is 11.2. The lowest BCUT2D eigenvalue weighted by atomic mass is 10.1. The zero-order chi connectivity index (χ0) is 14.4. The number of aliphatic carboxylic acids is 1. The molecule has 0 unspecified atom stereocenters. The van der Waals surface area contributed by atoms with Crippen LogP contribution in [0.2, 0.25) is 0 Å². The Bertz CT molecular complexity index is 612. The highest BCUT2D eigenvalue weighted by Crippen LogP contribution is 2.23. The van der Waals surface area contributed by atoms with Crippen molar-refractivity contribution in [2.75, 3.05) is 0 Å². The molecule has 0 bridgehead atoms. The molecule has 0 atom stereocenters. The Hall–Kier alpha value is -2.55. The third kappa shape index (κ3) is 3.99. The maximum Gasteiger partial charge on any atom is 0.328 e. The summed E-state index contributed by atoms with van der Waals surface area (Å²) in [5.41, 5.74) is 2.05. The minimum atomic E-state index is -0.966. The van der Waals surface area contributed by atoms with Crippen LogP contribution in [0.25, 0.3) is 6.08 Å². The number of ether oxygens (including phenoxy) is 1. The first-order chi connectivity index (χ1) is 9.67. The van der Waals surface area contributed by atoms with E-state index in [0.29, 0.717) is 5.75 Å². The molecule has 2 rings (SSSR count). The number of aryl methyl sites for hydroxylation is 1. The van der Waals surface area contributed by atoms with Gasteiger partial charge in [0.2, 0.25) is 0 Å². The fourth-order valence-corrected chi connectivity index (χ4v) is 1.78. The lowest BCUT2D eigenvalue weighted by Crippen LogP contribution is -1.87. The summed E-state index contributed by atoms with van der Waals surface area (Å²) >= 11 is 0. The molecule has 0 aromatic heterocycles. The lowest BCUT2D eigenvalue weighted by molar-refractivity contribution is -0.131. The smallest absolute Gasteiger partial charge is 0.328 e. The normalized spacial score (nSPS) is 10.7. The Kier molecular flexibility index (Phi) is 4.56. The predicted molar refractivity (Wildman–Crippen MR) is 79.0 cm³/mol. The molecule has 0 saturated carbocycles. The van der Waals surface area contributed by atoms with E-state index >= 15 is 0 Å². The van der Waals surface area contributed by atoms with Crippen LogP contribution in [0, 0.1) is 0 Å². The van der Waals surface area contributed by atoms with E-state index in [0.717, 1.165) is 23.8 Å². The quantitative estimate of drug-likeness (QED) is 0.829. The van der Waals surface area contributed by atoms with Gasteiger partial charge in [0.05, 0.1) is 0 Å². The van der Waals surface area contributed by atoms with Crippen LogP contribution in [-0.4, -0.2) is 11.1 Å². The van der Waals surface area contributed by atoms with Crippen molar-refractivity contribution in [3.63, 3.8) is 0 Å². The molecular formula is C17H16O3. The largest absolute Gasteiger partial charge is 0.478 e. The Morgan fingerprint density at radius 1 is 1.15 bits per heavy atom. The monoisotopic (exact) mass is 268 g/mol. The fraction of sp³-hybridized carbons (Fsp3) is 0.118. The highest BCUT2D eigenvalue weighted by Gasteiger charge is 1.98. The van der Waals surface area contributed by atoms with Crippen LogP contribution in [0.1, 0.15) is 18.1 Å². The average molecular weight is 268 g/mol. The van der Waals surface area contributed by atoms with E-state index in [-0.39, 0.29) is 0 Å². The molecule has 0 saturated heterocycles. The fourth-order valence-electron chi connectivity index (χ4n) is 1.78. The molecule has 102 valence electrons. The molecule has 3 nitrogen and oxygen atoms in total. The number of hydrogen-bond acceptors (Lipinski definition) is 2.